The Morgan fingerprint density at radius 2 is 1.35 bits per heavy atom. The highest BCUT2D eigenvalue weighted by Gasteiger charge is 2.25. The molecular formula is C17H16O3. The van der Waals surface area contributed by atoms with Gasteiger partial charge in [-0.15, -0.1) is 0 Å². The molecule has 0 radical (unpaired) electrons. The van der Waals surface area contributed by atoms with E-state index in [4.69, 9.17) is 4.74 Å². The molecule has 0 fully saturated rings. The predicted octanol–water partition coefficient (Wildman–Crippen LogP) is 3.30. The van der Waals surface area contributed by atoms with Crippen molar-refractivity contribution in [2.45, 2.75) is 19.3 Å². The lowest BCUT2D eigenvalue weighted by Crippen LogP contribution is -2.20. The van der Waals surface area contributed by atoms with Gasteiger partial charge in [-0.1, -0.05) is 67.6 Å². The van der Waals surface area contributed by atoms with E-state index < -0.39 is 17.9 Å². The van der Waals surface area contributed by atoms with Gasteiger partial charge < -0.3 is 4.74 Å². The topological polar surface area (TPSA) is 43.4 Å². The third-order valence-corrected chi connectivity index (χ3v) is 3.00. The molecule has 0 aliphatic carbocycles. The molecule has 0 spiro atoms. The highest BCUT2D eigenvalue weighted by molar-refractivity contribution is 5.91. The second-order valence-corrected chi connectivity index (χ2v) is 4.40. The van der Waals surface area contributed by atoms with Crippen LogP contribution in [0.5, 0.6) is 0 Å². The number of benzene rings is 2. The molecule has 102 valence electrons. The molecule has 0 amide bonds. The molecule has 0 unspecified atom stereocenters. The van der Waals surface area contributed by atoms with E-state index in [1.165, 1.54) is 0 Å². The van der Waals surface area contributed by atoms with Crippen LogP contribution in [0.25, 0.3) is 0 Å². The van der Waals surface area contributed by atoms with Crippen LogP contribution in [0.3, 0.4) is 0 Å². The van der Waals surface area contributed by atoms with E-state index in [0.29, 0.717) is 0 Å². The van der Waals surface area contributed by atoms with Crippen LogP contribution < -0.4 is 0 Å². The van der Waals surface area contributed by atoms with E-state index in [1.807, 2.05) is 60.7 Å². The zero-order valence-electron chi connectivity index (χ0n) is 11.3. The van der Waals surface area contributed by atoms with Gasteiger partial charge in [-0.05, 0) is 11.1 Å². The Balaban J connectivity index is 2.35. The molecule has 2 rings (SSSR count). The average Bonchev–Trinajstić information content (AvgIpc) is 2.49. The van der Waals surface area contributed by atoms with E-state index >= 15 is 0 Å². The Labute approximate surface area is 118 Å². The van der Waals surface area contributed by atoms with Crippen LogP contribution in [-0.2, 0) is 14.3 Å². The first kappa shape index (κ1) is 14.0. The average molecular weight is 268 g/mol. The number of rotatable bonds is 4. The van der Waals surface area contributed by atoms with Gasteiger partial charge in [0.15, 0.2) is 0 Å². The summed E-state index contributed by atoms with van der Waals surface area (Å²) in [4.78, 5) is 23.6. The summed E-state index contributed by atoms with van der Waals surface area (Å²) in [5.74, 6) is -1.62. The van der Waals surface area contributed by atoms with Crippen molar-refractivity contribution in [2.75, 3.05) is 0 Å². The molecule has 0 aliphatic heterocycles. The Morgan fingerprint density at radius 1 is 0.900 bits per heavy atom. The minimum absolute atomic E-state index is 0.183. The summed E-state index contributed by atoms with van der Waals surface area (Å²) in [5.41, 5.74) is 1.63. The highest BCUT2D eigenvalue weighted by Crippen LogP contribution is 2.26. The van der Waals surface area contributed by atoms with Gasteiger partial charge in [0.05, 0.1) is 0 Å². The number of ether oxygens (including phenoxy) is 1. The molecule has 0 aliphatic rings. The van der Waals surface area contributed by atoms with Crippen molar-refractivity contribution in [3.05, 3.63) is 71.8 Å². The lowest BCUT2D eigenvalue weighted by atomic mass is 9.91. The van der Waals surface area contributed by atoms with Crippen LogP contribution >= 0.6 is 0 Å². The first-order valence-electron chi connectivity index (χ1n) is 6.56. The van der Waals surface area contributed by atoms with Crippen molar-refractivity contribution in [2.24, 2.45) is 0 Å². The minimum atomic E-state index is -0.576. The normalized spacial score (nSPS) is 10.3. The zero-order chi connectivity index (χ0) is 14.4. The molecule has 0 atom stereocenters. The van der Waals surface area contributed by atoms with Crippen molar-refractivity contribution < 1.29 is 14.3 Å². The SMILES string of the molecule is CCC(=O)OC(=O)C(c1ccccc1)c1ccccc1. The maximum absolute atomic E-state index is 12.3. The summed E-state index contributed by atoms with van der Waals surface area (Å²) < 4.78 is 4.89. The van der Waals surface area contributed by atoms with E-state index in [0.717, 1.165) is 11.1 Å². The summed E-state index contributed by atoms with van der Waals surface area (Å²) in [6, 6.07) is 18.6. The maximum Gasteiger partial charge on any atom is 0.325 e. The van der Waals surface area contributed by atoms with Gasteiger partial charge in [-0.2, -0.15) is 0 Å². The third-order valence-electron chi connectivity index (χ3n) is 3.00. The monoisotopic (exact) mass is 268 g/mol. The van der Waals surface area contributed by atoms with Crippen molar-refractivity contribution in [1.29, 1.82) is 0 Å². The third kappa shape index (κ3) is 3.32. The molecule has 2 aromatic rings. The molecule has 0 N–H and O–H groups in total. The van der Waals surface area contributed by atoms with Gasteiger partial charge in [0.2, 0.25) is 0 Å². The maximum atomic E-state index is 12.3. The summed E-state index contributed by atoms with van der Waals surface area (Å²) >= 11 is 0. The number of carbonyl (C=O) groups excluding carboxylic acids is 2. The van der Waals surface area contributed by atoms with Crippen molar-refractivity contribution in [1.82, 2.24) is 0 Å². The summed E-state index contributed by atoms with van der Waals surface area (Å²) in [5, 5.41) is 0. The molecule has 0 aromatic heterocycles. The predicted molar refractivity (Wildman–Crippen MR) is 76.1 cm³/mol. The molecule has 3 heteroatoms. The lowest BCUT2D eigenvalue weighted by Gasteiger charge is -2.15. The molecule has 2 aromatic carbocycles. The molecule has 0 heterocycles. The summed E-state index contributed by atoms with van der Waals surface area (Å²) in [6.07, 6.45) is 0.183. The molecule has 0 saturated carbocycles. The largest absolute Gasteiger partial charge is 0.392 e. The molecule has 20 heavy (non-hydrogen) atoms. The highest BCUT2D eigenvalue weighted by atomic mass is 16.6. The molecular weight excluding hydrogens is 252 g/mol. The molecule has 3 nitrogen and oxygen atoms in total. The van der Waals surface area contributed by atoms with Gasteiger partial charge >= 0.3 is 11.9 Å². The van der Waals surface area contributed by atoms with Gasteiger partial charge in [0.1, 0.15) is 5.92 Å². The van der Waals surface area contributed by atoms with E-state index in [2.05, 4.69) is 0 Å². The number of hydrogen-bond donors (Lipinski definition) is 0. The molecule has 0 saturated heterocycles. The van der Waals surface area contributed by atoms with Crippen LogP contribution in [0.2, 0.25) is 0 Å². The van der Waals surface area contributed by atoms with Crippen molar-refractivity contribution in [3.63, 3.8) is 0 Å². The molecule has 0 bridgehead atoms. The minimum Gasteiger partial charge on any atom is -0.392 e. The Bertz CT molecular complexity index is 536. The number of carbonyl (C=O) groups is 2. The summed E-state index contributed by atoms with van der Waals surface area (Å²) in [6.45, 7) is 1.66. The fourth-order valence-corrected chi connectivity index (χ4v) is 2.00. The lowest BCUT2D eigenvalue weighted by molar-refractivity contribution is -0.159. The number of hydrogen-bond acceptors (Lipinski definition) is 3. The standard InChI is InChI=1S/C17H16O3/c1-2-15(18)20-17(19)16(13-9-5-3-6-10-13)14-11-7-4-8-12-14/h3-12,16H,2H2,1H3. The smallest absolute Gasteiger partial charge is 0.325 e. The van der Waals surface area contributed by atoms with Gasteiger partial charge in [0.25, 0.3) is 0 Å². The fourth-order valence-electron chi connectivity index (χ4n) is 2.00. The van der Waals surface area contributed by atoms with Gasteiger partial charge in [0, 0.05) is 6.42 Å². The van der Waals surface area contributed by atoms with Crippen molar-refractivity contribution in [3.8, 4) is 0 Å². The zero-order valence-corrected chi connectivity index (χ0v) is 11.3. The van der Waals surface area contributed by atoms with Gasteiger partial charge in [-0.3, -0.25) is 9.59 Å². The first-order valence-corrected chi connectivity index (χ1v) is 6.56. The fraction of sp³-hybridized carbons (Fsp3) is 0.176. The van der Waals surface area contributed by atoms with E-state index in [1.54, 1.807) is 6.92 Å². The summed E-state index contributed by atoms with van der Waals surface area (Å²) in [7, 11) is 0. The Morgan fingerprint density at radius 3 is 1.75 bits per heavy atom. The number of esters is 2. The van der Waals surface area contributed by atoms with Crippen LogP contribution in [0.4, 0.5) is 0 Å². The van der Waals surface area contributed by atoms with Crippen LogP contribution in [0, 0.1) is 0 Å². The van der Waals surface area contributed by atoms with E-state index in [9.17, 15) is 9.59 Å². The van der Waals surface area contributed by atoms with Crippen LogP contribution in [0.15, 0.2) is 60.7 Å². The second-order valence-electron chi connectivity index (χ2n) is 4.40. The first-order chi connectivity index (χ1) is 9.72. The van der Waals surface area contributed by atoms with Crippen LogP contribution in [-0.4, -0.2) is 11.9 Å². The van der Waals surface area contributed by atoms with Crippen LogP contribution in [0.1, 0.15) is 30.4 Å². The van der Waals surface area contributed by atoms with Gasteiger partial charge in [-0.25, -0.2) is 0 Å². The second kappa shape index (κ2) is 6.66. The van der Waals surface area contributed by atoms with Crippen molar-refractivity contribution >= 4 is 11.9 Å². The Kier molecular flexibility index (Phi) is 4.66. The Hall–Kier alpha value is -2.42. The quantitative estimate of drug-likeness (QED) is 0.631. The van der Waals surface area contributed by atoms with E-state index in [-0.39, 0.29) is 6.42 Å².